The van der Waals surface area contributed by atoms with Crippen LogP contribution < -0.4 is 0 Å². The number of hydrogen-bond acceptors (Lipinski definition) is 6. The predicted molar refractivity (Wildman–Crippen MR) is 124 cm³/mol. The molecule has 0 amide bonds. The SMILES string of the molecule is CN1CCN(S(=O)(=O)c2cncc(-c3ccc4nccc(-c5ccncc5)c4c3)c2)CC1. The lowest BCUT2D eigenvalue weighted by Crippen LogP contribution is -2.47. The van der Waals surface area contributed by atoms with E-state index < -0.39 is 10.0 Å². The summed E-state index contributed by atoms with van der Waals surface area (Å²) in [6.07, 6.45) is 8.46. The molecular weight excluding hydrogens is 422 g/mol. The Kier molecular flexibility index (Phi) is 5.42. The van der Waals surface area contributed by atoms with Crippen molar-refractivity contribution in [2.24, 2.45) is 0 Å². The van der Waals surface area contributed by atoms with Crippen molar-refractivity contribution in [3.63, 3.8) is 0 Å². The average Bonchev–Trinajstić information content (AvgIpc) is 2.84. The van der Waals surface area contributed by atoms with E-state index in [9.17, 15) is 8.42 Å². The summed E-state index contributed by atoms with van der Waals surface area (Å²) in [5, 5.41) is 0.989. The number of pyridine rings is 3. The Balaban J connectivity index is 1.55. The van der Waals surface area contributed by atoms with Crippen molar-refractivity contribution in [2.75, 3.05) is 33.2 Å². The smallest absolute Gasteiger partial charge is 0.244 e. The zero-order valence-electron chi connectivity index (χ0n) is 17.7. The molecule has 0 N–H and O–H groups in total. The van der Waals surface area contributed by atoms with Crippen molar-refractivity contribution in [1.29, 1.82) is 0 Å². The van der Waals surface area contributed by atoms with Crippen molar-refractivity contribution in [3.05, 3.63) is 73.4 Å². The molecular formula is C24H23N5O2S. The fraction of sp³-hybridized carbons (Fsp3) is 0.208. The minimum Gasteiger partial charge on any atom is -0.304 e. The minimum absolute atomic E-state index is 0.222. The van der Waals surface area contributed by atoms with E-state index in [4.69, 9.17) is 0 Å². The summed E-state index contributed by atoms with van der Waals surface area (Å²) in [6, 6.07) is 13.6. The molecule has 3 aromatic heterocycles. The van der Waals surface area contributed by atoms with Crippen LogP contribution in [-0.2, 0) is 10.0 Å². The van der Waals surface area contributed by atoms with Gasteiger partial charge in [0.1, 0.15) is 4.90 Å². The number of aromatic nitrogens is 3. The van der Waals surface area contributed by atoms with Gasteiger partial charge in [-0.1, -0.05) is 6.07 Å². The highest BCUT2D eigenvalue weighted by Crippen LogP contribution is 2.31. The first-order valence-electron chi connectivity index (χ1n) is 10.5. The van der Waals surface area contributed by atoms with Crippen LogP contribution in [0.15, 0.2) is 78.3 Å². The molecule has 1 fully saturated rings. The first-order chi connectivity index (χ1) is 15.5. The molecule has 0 atom stereocenters. The lowest BCUT2D eigenvalue weighted by molar-refractivity contribution is 0.222. The van der Waals surface area contributed by atoms with Gasteiger partial charge in [-0.15, -0.1) is 0 Å². The summed E-state index contributed by atoms with van der Waals surface area (Å²) < 4.78 is 27.9. The summed E-state index contributed by atoms with van der Waals surface area (Å²) >= 11 is 0. The number of likely N-dealkylation sites (N-methyl/N-ethyl adjacent to an activating group) is 1. The number of hydrogen-bond donors (Lipinski definition) is 0. The van der Waals surface area contributed by atoms with Gasteiger partial charge in [0, 0.05) is 68.1 Å². The maximum Gasteiger partial charge on any atom is 0.244 e. The molecule has 0 spiro atoms. The maximum absolute atomic E-state index is 13.2. The van der Waals surface area contributed by atoms with Crippen molar-refractivity contribution in [2.45, 2.75) is 4.90 Å². The number of benzene rings is 1. The summed E-state index contributed by atoms with van der Waals surface area (Å²) in [6.45, 7) is 2.42. The Bertz CT molecular complexity index is 1370. The van der Waals surface area contributed by atoms with Crippen LogP contribution in [0.2, 0.25) is 0 Å². The Hall–Kier alpha value is -3.20. The zero-order chi connectivity index (χ0) is 22.1. The van der Waals surface area contributed by atoms with E-state index in [-0.39, 0.29) is 4.90 Å². The molecule has 0 aliphatic carbocycles. The fourth-order valence-corrected chi connectivity index (χ4v) is 5.42. The van der Waals surface area contributed by atoms with Crippen molar-refractivity contribution >= 4 is 20.9 Å². The molecule has 0 bridgehead atoms. The molecule has 7 nitrogen and oxygen atoms in total. The zero-order valence-corrected chi connectivity index (χ0v) is 18.5. The van der Waals surface area contributed by atoms with Gasteiger partial charge in [0.15, 0.2) is 0 Å². The highest BCUT2D eigenvalue weighted by atomic mass is 32.2. The quantitative estimate of drug-likeness (QED) is 0.480. The Morgan fingerprint density at radius 2 is 1.56 bits per heavy atom. The second-order valence-electron chi connectivity index (χ2n) is 7.94. The van der Waals surface area contributed by atoms with Crippen molar-refractivity contribution in [3.8, 4) is 22.3 Å². The average molecular weight is 446 g/mol. The van der Waals surface area contributed by atoms with Gasteiger partial charge >= 0.3 is 0 Å². The van der Waals surface area contributed by atoms with Crippen molar-refractivity contribution in [1.82, 2.24) is 24.2 Å². The second-order valence-corrected chi connectivity index (χ2v) is 9.88. The van der Waals surface area contributed by atoms with E-state index in [1.54, 1.807) is 35.2 Å². The molecule has 0 saturated carbocycles. The fourth-order valence-electron chi connectivity index (χ4n) is 4.00. The Morgan fingerprint density at radius 1 is 0.781 bits per heavy atom. The lowest BCUT2D eigenvalue weighted by Gasteiger charge is -2.31. The predicted octanol–water partition coefficient (Wildman–Crippen LogP) is 3.29. The van der Waals surface area contributed by atoms with Crippen LogP contribution in [0.4, 0.5) is 0 Å². The number of fused-ring (bicyclic) bond motifs is 1. The Labute approximate surface area is 187 Å². The molecule has 0 radical (unpaired) electrons. The van der Waals surface area contributed by atoms with Gasteiger partial charge in [0.05, 0.1) is 5.52 Å². The van der Waals surface area contributed by atoms with Crippen molar-refractivity contribution < 1.29 is 8.42 Å². The summed E-state index contributed by atoms with van der Waals surface area (Å²) in [5.41, 5.74) is 4.62. The van der Waals surface area contributed by atoms with Crippen LogP contribution in [-0.4, -0.2) is 65.8 Å². The molecule has 1 aromatic carbocycles. The van der Waals surface area contributed by atoms with Gasteiger partial charge in [-0.05, 0) is 60.1 Å². The summed E-state index contributed by atoms with van der Waals surface area (Å²) in [7, 11) is -1.58. The number of sulfonamides is 1. The summed E-state index contributed by atoms with van der Waals surface area (Å²) in [4.78, 5) is 15.2. The normalized spacial score (nSPS) is 15.8. The highest BCUT2D eigenvalue weighted by Gasteiger charge is 2.28. The first kappa shape index (κ1) is 20.7. The van der Waals surface area contributed by atoms with Gasteiger partial charge in [-0.3, -0.25) is 15.0 Å². The molecule has 1 aliphatic heterocycles. The molecule has 1 saturated heterocycles. The molecule has 32 heavy (non-hydrogen) atoms. The van der Waals surface area contributed by atoms with E-state index in [1.165, 1.54) is 6.20 Å². The number of nitrogens with zero attached hydrogens (tertiary/aromatic N) is 5. The molecule has 4 aromatic rings. The van der Waals surface area contributed by atoms with E-state index >= 15 is 0 Å². The van der Waals surface area contributed by atoms with Crippen LogP contribution in [0.5, 0.6) is 0 Å². The third-order valence-electron chi connectivity index (χ3n) is 5.88. The maximum atomic E-state index is 13.2. The monoisotopic (exact) mass is 445 g/mol. The highest BCUT2D eigenvalue weighted by molar-refractivity contribution is 7.89. The lowest BCUT2D eigenvalue weighted by atomic mass is 9.98. The number of rotatable bonds is 4. The second kappa shape index (κ2) is 8.38. The Morgan fingerprint density at radius 3 is 2.34 bits per heavy atom. The molecule has 8 heteroatoms. The van der Waals surface area contributed by atoms with Crippen LogP contribution in [0, 0.1) is 0 Å². The van der Waals surface area contributed by atoms with E-state index in [0.29, 0.717) is 13.1 Å². The summed E-state index contributed by atoms with van der Waals surface area (Å²) in [5.74, 6) is 0. The van der Waals surface area contributed by atoms with Crippen LogP contribution in [0.25, 0.3) is 33.2 Å². The van der Waals surface area contributed by atoms with E-state index in [2.05, 4.69) is 19.9 Å². The standard InChI is InChI=1S/C24H23N5O2S/c1-28-10-12-29(13-11-28)32(30,31)21-14-20(16-26-17-21)19-2-3-24-23(15-19)22(6-9-27-24)18-4-7-25-8-5-18/h2-9,14-17H,10-13H2,1H3. The molecule has 0 unspecified atom stereocenters. The van der Waals surface area contributed by atoms with Crippen LogP contribution in [0.1, 0.15) is 0 Å². The van der Waals surface area contributed by atoms with Crippen LogP contribution in [0.3, 0.4) is 0 Å². The minimum atomic E-state index is -3.58. The third-order valence-corrected chi connectivity index (χ3v) is 7.74. The van der Waals surface area contributed by atoms with Crippen LogP contribution >= 0.6 is 0 Å². The molecule has 162 valence electrons. The largest absolute Gasteiger partial charge is 0.304 e. The van der Waals surface area contributed by atoms with Gasteiger partial charge < -0.3 is 4.90 Å². The topological polar surface area (TPSA) is 79.3 Å². The first-order valence-corrected chi connectivity index (χ1v) is 11.9. The molecule has 4 heterocycles. The van der Waals surface area contributed by atoms with Gasteiger partial charge in [0.25, 0.3) is 0 Å². The third kappa shape index (κ3) is 3.88. The van der Waals surface area contributed by atoms with E-state index in [1.807, 2.05) is 43.4 Å². The number of piperazine rings is 1. The van der Waals surface area contributed by atoms with Gasteiger partial charge in [0.2, 0.25) is 10.0 Å². The van der Waals surface area contributed by atoms with E-state index in [0.717, 1.165) is 46.2 Å². The molecule has 5 rings (SSSR count). The van der Waals surface area contributed by atoms with Gasteiger partial charge in [-0.25, -0.2) is 8.42 Å². The molecule has 1 aliphatic rings. The van der Waals surface area contributed by atoms with Gasteiger partial charge in [-0.2, -0.15) is 4.31 Å².